The van der Waals surface area contributed by atoms with Crippen molar-refractivity contribution in [1.29, 1.82) is 0 Å². The number of hydrogen-bond acceptors (Lipinski definition) is 3. The molecule has 0 radical (unpaired) electrons. The van der Waals surface area contributed by atoms with E-state index in [-0.39, 0.29) is 5.91 Å². The summed E-state index contributed by atoms with van der Waals surface area (Å²) in [4.78, 5) is 19.7. The van der Waals surface area contributed by atoms with E-state index in [1.807, 2.05) is 23.1 Å². The number of carbonyl (C=O) groups excluding carboxylic acids is 1. The summed E-state index contributed by atoms with van der Waals surface area (Å²) < 4.78 is 0. The van der Waals surface area contributed by atoms with Crippen molar-refractivity contribution in [3.63, 3.8) is 0 Å². The van der Waals surface area contributed by atoms with Gasteiger partial charge in [0.15, 0.2) is 0 Å². The topological polar surface area (TPSA) is 26.8 Å². The maximum atomic E-state index is 13.0. The lowest BCUT2D eigenvalue weighted by Crippen LogP contribution is -2.45. The van der Waals surface area contributed by atoms with Crippen LogP contribution in [0.25, 0.3) is 0 Å². The third-order valence-corrected chi connectivity index (χ3v) is 6.04. The number of anilines is 2. The highest BCUT2D eigenvalue weighted by atomic mass is 35.5. The van der Waals surface area contributed by atoms with Crippen molar-refractivity contribution in [3.05, 3.63) is 59.1 Å². The van der Waals surface area contributed by atoms with Crippen LogP contribution in [0, 0.1) is 0 Å². The summed E-state index contributed by atoms with van der Waals surface area (Å²) in [5, 5.41) is 0.758. The summed E-state index contributed by atoms with van der Waals surface area (Å²) in [6, 6.07) is 16.3. The number of para-hydroxylation sites is 2. The zero-order valence-corrected chi connectivity index (χ0v) is 17.1. The van der Waals surface area contributed by atoms with Crippen LogP contribution in [0.3, 0.4) is 0 Å². The minimum atomic E-state index is 0.240. The lowest BCUT2D eigenvalue weighted by molar-refractivity contribution is -0.119. The van der Waals surface area contributed by atoms with Gasteiger partial charge in [0.2, 0.25) is 5.91 Å². The Balaban J connectivity index is 1.44. The summed E-state index contributed by atoms with van der Waals surface area (Å²) in [5.41, 5.74) is 3.39. The minimum absolute atomic E-state index is 0.240. The molecule has 2 aromatic carbocycles. The molecule has 0 N–H and O–H groups in total. The Kier molecular flexibility index (Phi) is 6.18. The van der Waals surface area contributed by atoms with Gasteiger partial charge in [0.1, 0.15) is 0 Å². The van der Waals surface area contributed by atoms with E-state index in [1.165, 1.54) is 24.8 Å². The molecule has 4 nitrogen and oxygen atoms in total. The summed E-state index contributed by atoms with van der Waals surface area (Å²) in [6.45, 7) is 5.56. The lowest BCUT2D eigenvalue weighted by Gasteiger charge is -2.38. The van der Waals surface area contributed by atoms with Crippen molar-refractivity contribution in [2.24, 2.45) is 0 Å². The molecule has 5 heteroatoms. The van der Waals surface area contributed by atoms with Crippen molar-refractivity contribution >= 4 is 28.9 Å². The van der Waals surface area contributed by atoms with Crippen LogP contribution >= 0.6 is 11.6 Å². The van der Waals surface area contributed by atoms with E-state index < -0.39 is 0 Å². The second-order valence-corrected chi connectivity index (χ2v) is 8.17. The Morgan fingerprint density at radius 3 is 2.32 bits per heavy atom. The zero-order chi connectivity index (χ0) is 19.3. The van der Waals surface area contributed by atoms with Crippen LogP contribution in [-0.2, 0) is 11.3 Å². The molecule has 0 unspecified atom stereocenters. The van der Waals surface area contributed by atoms with Crippen molar-refractivity contribution in [3.8, 4) is 0 Å². The maximum Gasteiger partial charge on any atom is 0.228 e. The normalized spacial score (nSPS) is 17.5. The van der Waals surface area contributed by atoms with Crippen molar-refractivity contribution in [2.75, 3.05) is 42.5 Å². The van der Waals surface area contributed by atoms with Gasteiger partial charge in [0, 0.05) is 37.6 Å². The van der Waals surface area contributed by atoms with Gasteiger partial charge < -0.3 is 14.7 Å². The molecule has 0 bridgehead atoms. The second-order valence-electron chi connectivity index (χ2n) is 7.73. The lowest BCUT2D eigenvalue weighted by atomic mass is 10.1. The smallest absolute Gasteiger partial charge is 0.228 e. The first kappa shape index (κ1) is 19.3. The average Bonchev–Trinajstić information content (AvgIpc) is 2.74. The minimum Gasteiger partial charge on any atom is -0.364 e. The maximum absolute atomic E-state index is 13.0. The molecule has 2 aliphatic heterocycles. The standard InChI is InChI=1S/C23H28ClN3O/c24-20-10-8-19(9-11-20)18-26-16-17-27(22-7-3-2-6-21(22)26)23(28)12-15-25-13-4-1-5-14-25/h2-3,6-11H,1,4-5,12-18H2. The summed E-state index contributed by atoms with van der Waals surface area (Å²) in [7, 11) is 0. The molecule has 2 aliphatic rings. The third kappa shape index (κ3) is 4.50. The fourth-order valence-corrected chi connectivity index (χ4v) is 4.35. The summed E-state index contributed by atoms with van der Waals surface area (Å²) in [6.07, 6.45) is 4.46. The molecule has 4 rings (SSSR count). The predicted octanol–water partition coefficient (Wildman–Crippen LogP) is 4.57. The molecule has 148 valence electrons. The molecular formula is C23H28ClN3O. The Bertz CT molecular complexity index is 802. The first-order chi connectivity index (χ1) is 13.7. The molecule has 0 saturated carbocycles. The number of carbonyl (C=O) groups is 1. The van der Waals surface area contributed by atoms with E-state index in [9.17, 15) is 4.79 Å². The molecule has 0 atom stereocenters. The number of piperidine rings is 1. The monoisotopic (exact) mass is 397 g/mol. The molecule has 1 saturated heterocycles. The number of halogens is 1. The van der Waals surface area contributed by atoms with Crippen molar-refractivity contribution in [2.45, 2.75) is 32.2 Å². The van der Waals surface area contributed by atoms with E-state index in [4.69, 9.17) is 11.6 Å². The second kappa shape index (κ2) is 8.97. The SMILES string of the molecule is O=C(CCN1CCCCC1)N1CCN(Cc2ccc(Cl)cc2)c2ccccc21. The molecule has 1 amide bonds. The summed E-state index contributed by atoms with van der Waals surface area (Å²) in [5.74, 6) is 0.240. The Hall–Kier alpha value is -2.04. The van der Waals surface area contributed by atoms with E-state index in [2.05, 4.69) is 40.1 Å². The first-order valence-electron chi connectivity index (χ1n) is 10.3. The number of fused-ring (bicyclic) bond motifs is 1. The number of rotatable bonds is 5. The molecule has 0 aromatic heterocycles. The highest BCUT2D eigenvalue weighted by Crippen LogP contribution is 2.34. The zero-order valence-electron chi connectivity index (χ0n) is 16.3. The molecule has 1 fully saturated rings. The van der Waals surface area contributed by atoms with Crippen molar-refractivity contribution in [1.82, 2.24) is 4.90 Å². The van der Waals surface area contributed by atoms with Crippen molar-refractivity contribution < 1.29 is 4.79 Å². The van der Waals surface area contributed by atoms with Crippen LogP contribution in [0.1, 0.15) is 31.2 Å². The molecule has 0 aliphatic carbocycles. The van der Waals surface area contributed by atoms with E-state index in [0.29, 0.717) is 6.42 Å². The highest BCUT2D eigenvalue weighted by molar-refractivity contribution is 6.30. The van der Waals surface area contributed by atoms with E-state index >= 15 is 0 Å². The number of benzene rings is 2. The Morgan fingerprint density at radius 1 is 0.857 bits per heavy atom. The quantitative estimate of drug-likeness (QED) is 0.739. The molecule has 2 aromatic rings. The van der Waals surface area contributed by atoms with E-state index in [0.717, 1.165) is 55.7 Å². The van der Waals surface area contributed by atoms with Gasteiger partial charge in [-0.05, 0) is 55.8 Å². The number of hydrogen-bond donors (Lipinski definition) is 0. The van der Waals surface area contributed by atoms with Gasteiger partial charge in [0.25, 0.3) is 0 Å². The Morgan fingerprint density at radius 2 is 1.57 bits per heavy atom. The number of amides is 1. The van der Waals surface area contributed by atoms with Gasteiger partial charge in [-0.15, -0.1) is 0 Å². The average molecular weight is 398 g/mol. The molecule has 28 heavy (non-hydrogen) atoms. The fourth-order valence-electron chi connectivity index (χ4n) is 4.23. The Labute approximate surface area is 172 Å². The summed E-state index contributed by atoms with van der Waals surface area (Å²) >= 11 is 6.01. The van der Waals surface area contributed by atoms with Gasteiger partial charge in [-0.3, -0.25) is 4.79 Å². The highest BCUT2D eigenvalue weighted by Gasteiger charge is 2.26. The van der Waals surface area contributed by atoms with Crippen LogP contribution in [0.4, 0.5) is 11.4 Å². The van der Waals surface area contributed by atoms with Gasteiger partial charge in [0.05, 0.1) is 11.4 Å². The number of nitrogens with zero attached hydrogens (tertiary/aromatic N) is 3. The van der Waals surface area contributed by atoms with Gasteiger partial charge >= 0.3 is 0 Å². The molecule has 0 spiro atoms. The van der Waals surface area contributed by atoms with Crippen LogP contribution in [-0.4, -0.2) is 43.5 Å². The van der Waals surface area contributed by atoms with Gasteiger partial charge in [-0.1, -0.05) is 42.3 Å². The fraction of sp³-hybridized carbons (Fsp3) is 0.435. The van der Waals surface area contributed by atoms with Crippen LogP contribution in [0.2, 0.25) is 5.02 Å². The largest absolute Gasteiger partial charge is 0.364 e. The number of likely N-dealkylation sites (tertiary alicyclic amines) is 1. The first-order valence-corrected chi connectivity index (χ1v) is 10.7. The van der Waals surface area contributed by atoms with Gasteiger partial charge in [-0.25, -0.2) is 0 Å². The van der Waals surface area contributed by atoms with Crippen LogP contribution < -0.4 is 9.80 Å². The van der Waals surface area contributed by atoms with Gasteiger partial charge in [-0.2, -0.15) is 0 Å². The third-order valence-electron chi connectivity index (χ3n) is 5.79. The van der Waals surface area contributed by atoms with Crippen LogP contribution in [0.5, 0.6) is 0 Å². The van der Waals surface area contributed by atoms with Crippen LogP contribution in [0.15, 0.2) is 48.5 Å². The molecular weight excluding hydrogens is 370 g/mol. The predicted molar refractivity (Wildman–Crippen MR) is 116 cm³/mol. The molecule has 2 heterocycles. The van der Waals surface area contributed by atoms with E-state index in [1.54, 1.807) is 0 Å².